The van der Waals surface area contributed by atoms with Gasteiger partial charge in [-0.05, 0) is 55.3 Å². The lowest BCUT2D eigenvalue weighted by Gasteiger charge is -2.28. The van der Waals surface area contributed by atoms with Crippen LogP contribution in [0.25, 0.3) is 22.3 Å². The molecule has 1 saturated heterocycles. The number of aromatic nitrogens is 5. The molecule has 1 fully saturated rings. The number of halogens is 3. The van der Waals surface area contributed by atoms with Gasteiger partial charge in [-0.15, -0.1) is 5.10 Å². The Bertz CT molecular complexity index is 1960. The number of hydrogen-bond acceptors (Lipinski definition) is 9. The summed E-state index contributed by atoms with van der Waals surface area (Å²) in [5.41, 5.74) is 2.62. The molecular weight excluding hydrogens is 640 g/mol. The molecule has 0 aliphatic carbocycles. The molecule has 0 radical (unpaired) electrons. The van der Waals surface area contributed by atoms with Gasteiger partial charge < -0.3 is 23.9 Å². The lowest BCUT2D eigenvalue weighted by Crippen LogP contribution is -2.27. The molecule has 0 unspecified atom stereocenters. The number of pyridine rings is 1. The molecule has 1 N–H and O–H groups in total. The molecule has 0 amide bonds. The van der Waals surface area contributed by atoms with Gasteiger partial charge in [-0.3, -0.25) is 0 Å². The van der Waals surface area contributed by atoms with Crippen molar-refractivity contribution >= 4 is 39.9 Å². The van der Waals surface area contributed by atoms with Gasteiger partial charge in [-0.25, -0.2) is 23.5 Å². The highest BCUT2D eigenvalue weighted by Gasteiger charge is 2.39. The molecule has 1 atom stereocenters. The van der Waals surface area contributed by atoms with Gasteiger partial charge in [0.25, 0.3) is 11.1 Å². The first-order valence-corrected chi connectivity index (χ1v) is 15.7. The van der Waals surface area contributed by atoms with Crippen molar-refractivity contribution in [1.29, 1.82) is 0 Å². The normalized spacial score (nSPS) is 15.8. The quantitative estimate of drug-likeness (QED) is 0.167. The molecule has 0 spiro atoms. The zero-order valence-corrected chi connectivity index (χ0v) is 27.0. The second-order valence-electron chi connectivity index (χ2n) is 11.7. The van der Waals surface area contributed by atoms with E-state index in [9.17, 15) is 14.3 Å². The Morgan fingerprint density at radius 3 is 2.67 bits per heavy atom. The first-order valence-electron chi connectivity index (χ1n) is 14.5. The lowest BCUT2D eigenvalue weighted by molar-refractivity contribution is 0.0696. The van der Waals surface area contributed by atoms with Crippen molar-refractivity contribution in [1.82, 2.24) is 24.7 Å². The molecule has 0 saturated carbocycles. The fourth-order valence-corrected chi connectivity index (χ4v) is 6.47. The van der Waals surface area contributed by atoms with Gasteiger partial charge in [0.1, 0.15) is 17.9 Å². The molecule has 5 aromatic rings. The molecule has 6 rings (SSSR count). The number of fused-ring (bicyclic) bond motifs is 1. The maximum atomic E-state index is 15.2. The number of hydrogen-bond donors (Lipinski definition) is 1. The van der Waals surface area contributed by atoms with Crippen LogP contribution in [0.1, 0.15) is 59.1 Å². The number of benzene rings is 2. The Morgan fingerprint density at radius 2 is 1.96 bits per heavy atom. The van der Waals surface area contributed by atoms with Crippen LogP contribution in [-0.2, 0) is 17.8 Å². The van der Waals surface area contributed by atoms with Crippen LogP contribution in [0, 0.1) is 24.0 Å². The highest BCUT2D eigenvalue weighted by molar-refractivity contribution is 7.13. The first-order chi connectivity index (χ1) is 21.9. The van der Waals surface area contributed by atoms with Crippen LogP contribution in [0.3, 0.4) is 0 Å². The number of nitrogens with zero attached hydrogens (tertiary/aromatic N) is 5. The van der Waals surface area contributed by atoms with Crippen molar-refractivity contribution in [2.75, 3.05) is 19.8 Å². The van der Waals surface area contributed by atoms with Gasteiger partial charge in [0, 0.05) is 22.4 Å². The summed E-state index contributed by atoms with van der Waals surface area (Å²) in [7, 11) is 0. The third kappa shape index (κ3) is 6.14. The van der Waals surface area contributed by atoms with Crippen molar-refractivity contribution in [3.8, 4) is 22.3 Å². The molecule has 1 aliphatic heterocycles. The van der Waals surface area contributed by atoms with Gasteiger partial charge in [0.05, 0.1) is 42.6 Å². The molecule has 14 heteroatoms. The molecule has 2 aromatic carbocycles. The van der Waals surface area contributed by atoms with E-state index in [4.69, 9.17) is 25.8 Å². The zero-order chi connectivity index (χ0) is 32.7. The van der Waals surface area contributed by atoms with Crippen LogP contribution in [0.4, 0.5) is 8.78 Å². The molecule has 0 bridgehead atoms. The Hall–Kier alpha value is -4.20. The minimum Gasteiger partial charge on any atom is -0.478 e. The third-order valence-corrected chi connectivity index (χ3v) is 9.07. The average Bonchev–Trinajstić information content (AvgIpc) is 3.70. The first kappa shape index (κ1) is 31.8. The van der Waals surface area contributed by atoms with E-state index < -0.39 is 17.6 Å². The molecule has 240 valence electrons. The summed E-state index contributed by atoms with van der Waals surface area (Å²) in [5.74, 6) is -2.25. The second kappa shape index (κ2) is 12.5. The Kier molecular flexibility index (Phi) is 8.66. The van der Waals surface area contributed by atoms with E-state index in [2.05, 4.69) is 20.2 Å². The third-order valence-electron chi connectivity index (χ3n) is 7.91. The van der Waals surface area contributed by atoms with E-state index in [-0.39, 0.29) is 41.4 Å². The van der Waals surface area contributed by atoms with Crippen LogP contribution in [0.15, 0.2) is 36.4 Å². The summed E-state index contributed by atoms with van der Waals surface area (Å²) in [6, 6.07) is 8.66. The van der Waals surface area contributed by atoms with E-state index in [0.717, 1.165) is 17.2 Å². The van der Waals surface area contributed by atoms with Crippen molar-refractivity contribution in [2.24, 2.45) is 5.41 Å². The van der Waals surface area contributed by atoms with E-state index in [1.54, 1.807) is 12.1 Å². The number of rotatable bonds is 10. The highest BCUT2D eigenvalue weighted by Crippen LogP contribution is 2.41. The molecule has 1 aliphatic rings. The standard InChI is InChI=1S/C32H30ClF2N5O5S/c1-5-44-31-39-38-27(46-31)14-45-29-21(34)6-7-23(36-29)19-12-20(33)17(8-16(19)2)11-26-37-28-22(35)9-18(30(41)42)10-24(28)40(26)25-13-43-15-32(25,3)4/h6-10,12,25H,5,11,13-15H2,1-4H3,(H,41,42)/t25-/m1/s1. The minimum absolute atomic E-state index is 0.0326. The fourth-order valence-electron chi connectivity index (χ4n) is 5.58. The number of carbonyl (C=O) groups is 1. The number of imidazole rings is 1. The second-order valence-corrected chi connectivity index (χ2v) is 13.1. The monoisotopic (exact) mass is 669 g/mol. The van der Waals surface area contributed by atoms with Crippen molar-refractivity contribution < 1.29 is 32.9 Å². The number of aromatic carboxylic acids is 1. The van der Waals surface area contributed by atoms with Crippen molar-refractivity contribution in [3.05, 3.63) is 80.6 Å². The van der Waals surface area contributed by atoms with Crippen LogP contribution in [0.2, 0.25) is 5.02 Å². The molecule has 46 heavy (non-hydrogen) atoms. The lowest BCUT2D eigenvalue weighted by atomic mass is 9.87. The Morgan fingerprint density at radius 1 is 1.15 bits per heavy atom. The summed E-state index contributed by atoms with van der Waals surface area (Å²) in [6.07, 6.45) is 0.236. The van der Waals surface area contributed by atoms with Crippen LogP contribution < -0.4 is 9.47 Å². The summed E-state index contributed by atoms with van der Waals surface area (Å²) >= 11 is 8.04. The summed E-state index contributed by atoms with van der Waals surface area (Å²) in [5, 5.41) is 18.8. The maximum Gasteiger partial charge on any atom is 0.335 e. The Labute approximate surface area is 271 Å². The van der Waals surface area contributed by atoms with Gasteiger partial charge in [-0.1, -0.05) is 48.0 Å². The number of aryl methyl sites for hydroxylation is 1. The molecule has 3 aromatic heterocycles. The summed E-state index contributed by atoms with van der Waals surface area (Å²) in [4.78, 5) is 20.8. The Balaban J connectivity index is 1.33. The maximum absolute atomic E-state index is 15.2. The largest absolute Gasteiger partial charge is 0.478 e. The van der Waals surface area contributed by atoms with Crippen molar-refractivity contribution in [2.45, 2.75) is 46.8 Å². The number of carboxylic acid groups (broad SMARTS) is 1. The molecule has 10 nitrogen and oxygen atoms in total. The summed E-state index contributed by atoms with van der Waals surface area (Å²) < 4.78 is 48.5. The highest BCUT2D eigenvalue weighted by atomic mass is 35.5. The van der Waals surface area contributed by atoms with Gasteiger partial charge in [-0.2, -0.15) is 0 Å². The minimum atomic E-state index is -1.23. The van der Waals surface area contributed by atoms with Gasteiger partial charge in [0.15, 0.2) is 16.6 Å². The number of carboxylic acids is 1. The van der Waals surface area contributed by atoms with E-state index in [1.807, 2.05) is 38.3 Å². The molecule has 4 heterocycles. The van der Waals surface area contributed by atoms with Crippen LogP contribution in [-0.4, -0.2) is 55.6 Å². The SMILES string of the molecule is CCOc1nnc(COc2nc(-c3cc(Cl)c(Cc4nc5c(F)cc(C(=O)O)cc5n4[C@@H]4COCC4(C)C)cc3C)ccc2F)s1. The fraction of sp³-hybridized carbons (Fsp3) is 0.344. The smallest absolute Gasteiger partial charge is 0.335 e. The predicted octanol–water partition coefficient (Wildman–Crippen LogP) is 7.05. The van der Waals surface area contributed by atoms with Crippen molar-refractivity contribution in [3.63, 3.8) is 0 Å². The van der Waals surface area contributed by atoms with E-state index in [0.29, 0.717) is 57.6 Å². The van der Waals surface area contributed by atoms with Gasteiger partial charge in [0.2, 0.25) is 0 Å². The van der Waals surface area contributed by atoms with Crippen LogP contribution >= 0.6 is 22.9 Å². The average molecular weight is 670 g/mol. The predicted molar refractivity (Wildman–Crippen MR) is 168 cm³/mol. The van der Waals surface area contributed by atoms with Crippen LogP contribution in [0.5, 0.6) is 11.1 Å². The van der Waals surface area contributed by atoms with E-state index in [1.165, 1.54) is 23.5 Å². The topological polar surface area (TPSA) is 121 Å². The molecular formula is C32H30ClF2N5O5S. The summed E-state index contributed by atoms with van der Waals surface area (Å²) in [6.45, 7) is 9.08. The van der Waals surface area contributed by atoms with E-state index >= 15 is 4.39 Å². The van der Waals surface area contributed by atoms with Gasteiger partial charge >= 0.3 is 5.97 Å². The number of ether oxygens (including phenoxy) is 3. The zero-order valence-electron chi connectivity index (χ0n) is 25.4.